The Labute approximate surface area is 154 Å². The van der Waals surface area contributed by atoms with E-state index in [-0.39, 0.29) is 5.97 Å². The van der Waals surface area contributed by atoms with Crippen LogP contribution in [0.2, 0.25) is 0 Å². The number of nitrogens with one attached hydrogen (secondary N) is 1. The predicted octanol–water partition coefficient (Wildman–Crippen LogP) is 4.03. The fraction of sp³-hybridized carbons (Fsp3) is 0.261. The average Bonchev–Trinajstić information content (AvgIpc) is 3.06. The van der Waals surface area contributed by atoms with Gasteiger partial charge in [-0.2, -0.15) is 0 Å². The maximum absolute atomic E-state index is 12.8. The van der Waals surface area contributed by atoms with Gasteiger partial charge in [0.15, 0.2) is 0 Å². The molecule has 0 atom stereocenters. The first-order valence-electron chi connectivity index (χ1n) is 9.17. The highest BCUT2D eigenvalue weighted by Gasteiger charge is 2.44. The first-order chi connectivity index (χ1) is 12.7. The van der Waals surface area contributed by atoms with Crippen LogP contribution >= 0.6 is 0 Å². The minimum absolute atomic E-state index is 0.156. The second-order valence-electron chi connectivity index (χ2n) is 6.92. The Bertz CT molecular complexity index is 917. The molecule has 26 heavy (non-hydrogen) atoms. The van der Waals surface area contributed by atoms with Crippen LogP contribution in [-0.2, 0) is 28.9 Å². The lowest BCUT2D eigenvalue weighted by Gasteiger charge is -2.28. The van der Waals surface area contributed by atoms with Gasteiger partial charge in [-0.1, -0.05) is 66.7 Å². The number of rotatable bonds is 5. The summed E-state index contributed by atoms with van der Waals surface area (Å²) in [6, 6.07) is 22.9. The van der Waals surface area contributed by atoms with E-state index in [1.54, 1.807) is 0 Å². The molecule has 0 unspecified atom stereocenters. The molecular formula is C23H23NO2. The van der Waals surface area contributed by atoms with E-state index in [1.165, 1.54) is 27.5 Å². The van der Waals surface area contributed by atoms with Crippen molar-refractivity contribution in [2.45, 2.75) is 31.8 Å². The molecule has 3 aromatic rings. The SMILES string of the molecule is CCOC(=O)C1(NCc2cccc3ccccc23)Cc2ccccc2C1. The molecule has 0 saturated heterocycles. The second-order valence-corrected chi connectivity index (χ2v) is 6.92. The van der Waals surface area contributed by atoms with E-state index in [9.17, 15) is 4.79 Å². The van der Waals surface area contributed by atoms with Gasteiger partial charge >= 0.3 is 5.97 Å². The Kier molecular flexibility index (Phi) is 4.48. The second kappa shape index (κ2) is 6.93. The molecule has 1 N–H and O–H groups in total. The number of hydrogen-bond acceptors (Lipinski definition) is 3. The average molecular weight is 345 g/mol. The smallest absolute Gasteiger partial charge is 0.327 e. The fourth-order valence-corrected chi connectivity index (χ4v) is 3.94. The van der Waals surface area contributed by atoms with Crippen molar-refractivity contribution in [1.29, 1.82) is 0 Å². The molecule has 0 aromatic heterocycles. The molecule has 3 aromatic carbocycles. The van der Waals surface area contributed by atoms with Crippen molar-refractivity contribution in [2.24, 2.45) is 0 Å². The number of carbonyl (C=O) groups is 1. The summed E-state index contributed by atoms with van der Waals surface area (Å²) in [5.41, 5.74) is 2.97. The maximum atomic E-state index is 12.8. The van der Waals surface area contributed by atoms with E-state index in [0.29, 0.717) is 26.0 Å². The van der Waals surface area contributed by atoms with Gasteiger partial charge in [0.2, 0.25) is 0 Å². The molecule has 0 bridgehead atoms. The Hall–Kier alpha value is -2.65. The number of fused-ring (bicyclic) bond motifs is 2. The van der Waals surface area contributed by atoms with Gasteiger partial charge in [0.25, 0.3) is 0 Å². The number of hydrogen-bond donors (Lipinski definition) is 1. The van der Waals surface area contributed by atoms with Crippen molar-refractivity contribution >= 4 is 16.7 Å². The van der Waals surface area contributed by atoms with Crippen molar-refractivity contribution in [2.75, 3.05) is 6.61 Å². The molecule has 1 aliphatic rings. The summed E-state index contributed by atoms with van der Waals surface area (Å²) in [5.74, 6) is -0.156. The summed E-state index contributed by atoms with van der Waals surface area (Å²) in [4.78, 5) is 12.8. The van der Waals surface area contributed by atoms with Crippen LogP contribution < -0.4 is 5.32 Å². The van der Waals surface area contributed by atoms with E-state index in [2.05, 4.69) is 53.8 Å². The largest absolute Gasteiger partial charge is 0.465 e. The normalized spacial score (nSPS) is 15.0. The van der Waals surface area contributed by atoms with Crippen LogP contribution in [-0.4, -0.2) is 18.1 Å². The zero-order valence-electron chi connectivity index (χ0n) is 15.0. The molecular weight excluding hydrogens is 322 g/mol. The van der Waals surface area contributed by atoms with E-state index < -0.39 is 5.54 Å². The van der Waals surface area contributed by atoms with Crippen LogP contribution in [0.1, 0.15) is 23.6 Å². The van der Waals surface area contributed by atoms with Crippen LogP contribution in [0, 0.1) is 0 Å². The molecule has 0 amide bonds. The number of ether oxygens (including phenoxy) is 1. The van der Waals surface area contributed by atoms with Gasteiger partial charge < -0.3 is 4.74 Å². The van der Waals surface area contributed by atoms with Gasteiger partial charge in [-0.15, -0.1) is 0 Å². The van der Waals surface area contributed by atoms with Gasteiger partial charge in [0, 0.05) is 19.4 Å². The van der Waals surface area contributed by atoms with E-state index in [0.717, 1.165) is 0 Å². The Morgan fingerprint density at radius 3 is 2.35 bits per heavy atom. The van der Waals surface area contributed by atoms with E-state index >= 15 is 0 Å². The van der Waals surface area contributed by atoms with Crippen molar-refractivity contribution in [3.05, 3.63) is 83.4 Å². The third kappa shape index (κ3) is 2.99. The number of esters is 1. The van der Waals surface area contributed by atoms with Crippen LogP contribution in [0.3, 0.4) is 0 Å². The highest BCUT2D eigenvalue weighted by Crippen LogP contribution is 2.32. The summed E-state index contributed by atoms with van der Waals surface area (Å²) < 4.78 is 5.43. The predicted molar refractivity (Wildman–Crippen MR) is 104 cm³/mol. The summed E-state index contributed by atoms with van der Waals surface area (Å²) in [6.07, 6.45) is 1.35. The molecule has 1 aliphatic carbocycles. The molecule has 0 aliphatic heterocycles. The topological polar surface area (TPSA) is 38.3 Å². The quantitative estimate of drug-likeness (QED) is 0.710. The lowest BCUT2D eigenvalue weighted by Crippen LogP contribution is -2.53. The van der Waals surface area contributed by atoms with Crippen molar-refractivity contribution in [1.82, 2.24) is 5.32 Å². The summed E-state index contributed by atoms with van der Waals surface area (Å²) in [5, 5.41) is 5.99. The highest BCUT2D eigenvalue weighted by molar-refractivity contribution is 5.86. The van der Waals surface area contributed by atoms with Crippen LogP contribution in [0.4, 0.5) is 0 Å². The summed E-state index contributed by atoms with van der Waals surface area (Å²) in [6.45, 7) is 2.89. The lowest BCUT2D eigenvalue weighted by molar-refractivity contribution is -0.151. The zero-order chi connectivity index (χ0) is 18.0. The fourth-order valence-electron chi connectivity index (χ4n) is 3.94. The summed E-state index contributed by atoms with van der Waals surface area (Å²) >= 11 is 0. The Balaban J connectivity index is 1.63. The molecule has 0 saturated carbocycles. The highest BCUT2D eigenvalue weighted by atomic mass is 16.5. The van der Waals surface area contributed by atoms with Crippen LogP contribution in [0.15, 0.2) is 66.7 Å². The number of benzene rings is 3. The molecule has 0 spiro atoms. The number of carbonyl (C=O) groups excluding carboxylic acids is 1. The molecule has 0 heterocycles. The van der Waals surface area contributed by atoms with E-state index in [4.69, 9.17) is 4.74 Å². The standard InChI is InChI=1S/C23H23NO2/c1-2-26-22(25)23(14-18-9-3-4-10-19(18)15-23)24-16-20-12-7-11-17-8-5-6-13-21(17)20/h3-13,24H,2,14-16H2,1H3. The lowest BCUT2D eigenvalue weighted by atomic mass is 9.94. The van der Waals surface area contributed by atoms with Gasteiger partial charge in [0.05, 0.1) is 6.61 Å². The monoisotopic (exact) mass is 345 g/mol. The van der Waals surface area contributed by atoms with Crippen LogP contribution in [0.25, 0.3) is 10.8 Å². The van der Waals surface area contributed by atoms with Gasteiger partial charge in [-0.25, -0.2) is 0 Å². The van der Waals surface area contributed by atoms with Crippen molar-refractivity contribution in [3.63, 3.8) is 0 Å². The van der Waals surface area contributed by atoms with Crippen molar-refractivity contribution in [3.8, 4) is 0 Å². The van der Waals surface area contributed by atoms with Gasteiger partial charge in [-0.05, 0) is 34.4 Å². The molecule has 0 radical (unpaired) electrons. The zero-order valence-corrected chi connectivity index (χ0v) is 15.0. The first-order valence-corrected chi connectivity index (χ1v) is 9.17. The third-order valence-corrected chi connectivity index (χ3v) is 5.27. The molecule has 132 valence electrons. The van der Waals surface area contributed by atoms with Crippen LogP contribution in [0.5, 0.6) is 0 Å². The van der Waals surface area contributed by atoms with Gasteiger partial charge in [-0.3, -0.25) is 10.1 Å². The third-order valence-electron chi connectivity index (χ3n) is 5.27. The molecule has 4 rings (SSSR count). The van der Waals surface area contributed by atoms with Gasteiger partial charge in [0.1, 0.15) is 5.54 Å². The van der Waals surface area contributed by atoms with E-state index in [1.807, 2.05) is 25.1 Å². The molecule has 3 nitrogen and oxygen atoms in total. The Morgan fingerprint density at radius 2 is 1.62 bits per heavy atom. The summed E-state index contributed by atoms with van der Waals surface area (Å²) in [7, 11) is 0. The minimum atomic E-state index is -0.684. The molecule has 0 fully saturated rings. The molecule has 3 heteroatoms. The Morgan fingerprint density at radius 1 is 0.962 bits per heavy atom. The first kappa shape index (κ1) is 16.8. The minimum Gasteiger partial charge on any atom is -0.465 e. The van der Waals surface area contributed by atoms with Crippen molar-refractivity contribution < 1.29 is 9.53 Å². The maximum Gasteiger partial charge on any atom is 0.327 e.